The van der Waals surface area contributed by atoms with Crippen molar-refractivity contribution in [3.05, 3.63) is 42.0 Å². The van der Waals surface area contributed by atoms with E-state index >= 15 is 0 Å². The lowest BCUT2D eigenvalue weighted by atomic mass is 10.2. The maximum Gasteiger partial charge on any atom is 0.238 e. The van der Waals surface area contributed by atoms with Gasteiger partial charge in [-0.15, -0.1) is 0 Å². The number of carbonyl (C=O) groups is 2. The quantitative estimate of drug-likeness (QED) is 0.672. The second-order valence-electron chi connectivity index (χ2n) is 6.51. The number of ether oxygens (including phenoxy) is 3. The van der Waals surface area contributed by atoms with Crippen LogP contribution in [-0.4, -0.2) is 51.6 Å². The van der Waals surface area contributed by atoms with Crippen molar-refractivity contribution < 1.29 is 23.8 Å². The van der Waals surface area contributed by atoms with E-state index in [9.17, 15) is 9.59 Å². The predicted octanol–water partition coefficient (Wildman–Crippen LogP) is 2.74. The van der Waals surface area contributed by atoms with Crippen LogP contribution in [0.2, 0.25) is 0 Å². The van der Waals surface area contributed by atoms with Crippen LogP contribution in [0.3, 0.4) is 0 Å². The van der Waals surface area contributed by atoms with Crippen molar-refractivity contribution >= 4 is 23.2 Å². The Morgan fingerprint density at radius 3 is 2.17 bits per heavy atom. The van der Waals surface area contributed by atoms with Crippen LogP contribution in [0.15, 0.2) is 36.4 Å². The second kappa shape index (κ2) is 10.3. The molecule has 0 fully saturated rings. The smallest absolute Gasteiger partial charge is 0.238 e. The molecule has 2 N–H and O–H groups in total. The first-order valence-electron chi connectivity index (χ1n) is 9.01. The largest absolute Gasteiger partial charge is 0.495 e. The van der Waals surface area contributed by atoms with Gasteiger partial charge < -0.3 is 24.8 Å². The Balaban J connectivity index is 2.02. The number of carbonyl (C=O) groups excluding carboxylic acids is 2. The highest BCUT2D eigenvalue weighted by Gasteiger charge is 2.13. The molecular formula is C21H27N3O5. The van der Waals surface area contributed by atoms with Crippen LogP contribution in [0.25, 0.3) is 0 Å². The Bertz CT molecular complexity index is 869. The molecule has 0 aliphatic rings. The number of hydrogen-bond acceptors (Lipinski definition) is 6. The minimum absolute atomic E-state index is 0.169. The Hall–Kier alpha value is -3.26. The maximum atomic E-state index is 12.5. The predicted molar refractivity (Wildman–Crippen MR) is 112 cm³/mol. The zero-order valence-corrected chi connectivity index (χ0v) is 17.4. The molecule has 2 amide bonds. The molecule has 2 aromatic rings. The van der Waals surface area contributed by atoms with Gasteiger partial charge >= 0.3 is 0 Å². The first-order chi connectivity index (χ1) is 13.9. The third kappa shape index (κ3) is 6.39. The summed E-state index contributed by atoms with van der Waals surface area (Å²) in [7, 11) is 6.54. The number of amides is 2. The molecule has 0 spiro atoms. The van der Waals surface area contributed by atoms with Gasteiger partial charge in [-0.3, -0.25) is 14.5 Å². The van der Waals surface area contributed by atoms with Crippen molar-refractivity contribution in [3.63, 3.8) is 0 Å². The molecule has 0 saturated carbocycles. The van der Waals surface area contributed by atoms with E-state index in [0.717, 1.165) is 5.56 Å². The topological polar surface area (TPSA) is 89.1 Å². The van der Waals surface area contributed by atoms with E-state index in [4.69, 9.17) is 14.2 Å². The lowest BCUT2D eigenvalue weighted by molar-refractivity contribution is -0.117. The normalized spacial score (nSPS) is 10.4. The van der Waals surface area contributed by atoms with Crippen LogP contribution in [0, 0.1) is 0 Å². The molecule has 8 heteroatoms. The third-order valence-corrected chi connectivity index (χ3v) is 4.11. The van der Waals surface area contributed by atoms with E-state index in [1.165, 1.54) is 14.0 Å². The molecule has 0 unspecified atom stereocenters. The molecular weight excluding hydrogens is 374 g/mol. The zero-order valence-electron chi connectivity index (χ0n) is 17.4. The van der Waals surface area contributed by atoms with Crippen LogP contribution >= 0.6 is 0 Å². The van der Waals surface area contributed by atoms with E-state index in [1.807, 2.05) is 30.1 Å². The van der Waals surface area contributed by atoms with Crippen molar-refractivity contribution in [1.82, 2.24) is 4.90 Å². The van der Waals surface area contributed by atoms with Crippen LogP contribution in [0.5, 0.6) is 17.2 Å². The monoisotopic (exact) mass is 401 g/mol. The molecule has 0 saturated heterocycles. The molecule has 0 heterocycles. The van der Waals surface area contributed by atoms with Crippen LogP contribution in [0.4, 0.5) is 11.4 Å². The first-order valence-corrected chi connectivity index (χ1v) is 9.01. The standard InChI is InChI=1S/C21H27N3O5/c1-14(25)22-16-7-9-18(27-3)17(11-16)23-21(26)13-24(2)12-15-6-8-19(28-4)20(10-15)29-5/h6-11H,12-13H2,1-5H3,(H,22,25)(H,23,26). The maximum absolute atomic E-state index is 12.5. The zero-order chi connectivity index (χ0) is 21.4. The number of likely N-dealkylation sites (N-methyl/N-ethyl adjacent to an activating group) is 1. The molecule has 0 aliphatic heterocycles. The van der Waals surface area contributed by atoms with Crippen molar-refractivity contribution in [2.45, 2.75) is 13.5 Å². The van der Waals surface area contributed by atoms with E-state index in [1.54, 1.807) is 32.4 Å². The van der Waals surface area contributed by atoms with E-state index in [0.29, 0.717) is 35.2 Å². The van der Waals surface area contributed by atoms with Crippen LogP contribution in [-0.2, 0) is 16.1 Å². The van der Waals surface area contributed by atoms with Gasteiger partial charge in [-0.25, -0.2) is 0 Å². The molecule has 0 aromatic heterocycles. The highest BCUT2D eigenvalue weighted by Crippen LogP contribution is 2.29. The number of benzene rings is 2. The lowest BCUT2D eigenvalue weighted by Gasteiger charge is -2.18. The van der Waals surface area contributed by atoms with Crippen molar-refractivity contribution in [2.24, 2.45) is 0 Å². The summed E-state index contributed by atoms with van der Waals surface area (Å²) < 4.78 is 15.8. The third-order valence-electron chi connectivity index (χ3n) is 4.11. The summed E-state index contributed by atoms with van der Waals surface area (Å²) in [6.45, 7) is 2.14. The van der Waals surface area contributed by atoms with E-state index < -0.39 is 0 Å². The summed E-state index contributed by atoms with van der Waals surface area (Å²) in [6, 6.07) is 10.7. The van der Waals surface area contributed by atoms with Gasteiger partial charge in [0.1, 0.15) is 5.75 Å². The molecule has 2 rings (SSSR count). The van der Waals surface area contributed by atoms with Gasteiger partial charge in [0, 0.05) is 19.2 Å². The fourth-order valence-corrected chi connectivity index (χ4v) is 2.87. The van der Waals surface area contributed by atoms with Gasteiger partial charge in [0.05, 0.1) is 33.6 Å². The molecule has 0 bridgehead atoms. The number of methoxy groups -OCH3 is 3. The Labute approximate surface area is 170 Å². The minimum Gasteiger partial charge on any atom is -0.495 e. The SMILES string of the molecule is COc1ccc(NC(C)=O)cc1NC(=O)CN(C)Cc1ccc(OC)c(OC)c1. The number of nitrogens with zero attached hydrogens (tertiary/aromatic N) is 1. The Kier molecular flexibility index (Phi) is 7.85. The molecule has 29 heavy (non-hydrogen) atoms. The fraction of sp³-hybridized carbons (Fsp3) is 0.333. The minimum atomic E-state index is -0.203. The van der Waals surface area contributed by atoms with E-state index in [-0.39, 0.29) is 18.4 Å². The summed E-state index contributed by atoms with van der Waals surface area (Å²) >= 11 is 0. The molecule has 8 nitrogen and oxygen atoms in total. The fourth-order valence-electron chi connectivity index (χ4n) is 2.87. The highest BCUT2D eigenvalue weighted by molar-refractivity contribution is 5.95. The Morgan fingerprint density at radius 2 is 1.55 bits per heavy atom. The number of anilines is 2. The van der Waals surface area contributed by atoms with Crippen molar-refractivity contribution in [3.8, 4) is 17.2 Å². The average molecular weight is 401 g/mol. The molecule has 2 aromatic carbocycles. The second-order valence-corrected chi connectivity index (χ2v) is 6.51. The van der Waals surface area contributed by atoms with Crippen LogP contribution < -0.4 is 24.8 Å². The highest BCUT2D eigenvalue weighted by atomic mass is 16.5. The summed E-state index contributed by atoms with van der Waals surface area (Å²) in [5.41, 5.74) is 2.05. The van der Waals surface area contributed by atoms with E-state index in [2.05, 4.69) is 10.6 Å². The van der Waals surface area contributed by atoms with Crippen molar-refractivity contribution in [1.29, 1.82) is 0 Å². The average Bonchev–Trinajstić information content (AvgIpc) is 2.67. The molecule has 0 radical (unpaired) electrons. The number of hydrogen-bond donors (Lipinski definition) is 2. The van der Waals surface area contributed by atoms with Gasteiger partial charge in [0.2, 0.25) is 11.8 Å². The summed E-state index contributed by atoms with van der Waals surface area (Å²) in [5, 5.41) is 5.52. The Morgan fingerprint density at radius 1 is 0.897 bits per heavy atom. The molecule has 156 valence electrons. The summed E-state index contributed by atoms with van der Waals surface area (Å²) in [6.07, 6.45) is 0. The van der Waals surface area contributed by atoms with Gasteiger partial charge in [0.25, 0.3) is 0 Å². The number of rotatable bonds is 9. The van der Waals surface area contributed by atoms with Gasteiger partial charge in [-0.1, -0.05) is 6.07 Å². The molecule has 0 atom stereocenters. The van der Waals surface area contributed by atoms with Crippen LogP contribution in [0.1, 0.15) is 12.5 Å². The molecule has 0 aliphatic carbocycles. The summed E-state index contributed by atoms with van der Waals surface area (Å²) in [5.74, 6) is 1.41. The first kappa shape index (κ1) is 22.0. The number of nitrogens with one attached hydrogen (secondary N) is 2. The summed E-state index contributed by atoms with van der Waals surface area (Å²) in [4.78, 5) is 25.6. The van der Waals surface area contributed by atoms with Crippen molar-refractivity contribution in [2.75, 3.05) is 45.6 Å². The lowest BCUT2D eigenvalue weighted by Crippen LogP contribution is -2.30. The van der Waals surface area contributed by atoms with Gasteiger partial charge in [0.15, 0.2) is 11.5 Å². The van der Waals surface area contributed by atoms with Gasteiger partial charge in [-0.05, 0) is 42.9 Å². The van der Waals surface area contributed by atoms with Gasteiger partial charge in [-0.2, -0.15) is 0 Å².